The van der Waals surface area contributed by atoms with Crippen molar-refractivity contribution in [1.82, 2.24) is 0 Å². The summed E-state index contributed by atoms with van der Waals surface area (Å²) in [7, 11) is -2.00. The van der Waals surface area contributed by atoms with E-state index in [1.165, 1.54) is 5.56 Å². The number of aromatic amines is 1. The summed E-state index contributed by atoms with van der Waals surface area (Å²) >= 11 is 0. The predicted octanol–water partition coefficient (Wildman–Crippen LogP) is 6.27. The van der Waals surface area contributed by atoms with E-state index in [1.807, 2.05) is 37.4 Å². The molecule has 0 atom stereocenters. The third kappa shape index (κ3) is 5.14. The Balaban J connectivity index is 2.38. The second-order valence-corrected chi connectivity index (χ2v) is 14.4. The highest BCUT2D eigenvalue weighted by Gasteiger charge is 2.45. The van der Waals surface area contributed by atoms with E-state index >= 15 is 0 Å². The third-order valence-corrected chi connectivity index (χ3v) is 12.0. The number of aromatic hydroxyl groups is 1. The lowest BCUT2D eigenvalue weighted by Crippen LogP contribution is -2.47. The Morgan fingerprint density at radius 2 is 1.55 bits per heavy atom. The summed E-state index contributed by atoms with van der Waals surface area (Å²) in [6, 6.07) is 8.04. The molecule has 0 aliphatic rings. The standard InChI is InChI=1S/C24H36N2O2Si/c1-16(2)29(17(3)4,18(5)6)28-15-21-13-25-20(8)24(27)23(21)14-26-22-11-9-19(7)10-12-22/h9-14,16-18,27H,15H2,1-8H3/p+1. The number of aryl methyl sites for hydroxylation is 2. The van der Waals surface area contributed by atoms with Gasteiger partial charge in [0.05, 0.1) is 23.4 Å². The molecule has 0 amide bonds. The first-order valence-electron chi connectivity index (χ1n) is 10.6. The van der Waals surface area contributed by atoms with Gasteiger partial charge in [-0.25, -0.2) is 4.98 Å². The van der Waals surface area contributed by atoms with Crippen LogP contribution in [0.5, 0.6) is 5.75 Å². The van der Waals surface area contributed by atoms with Crippen LogP contribution < -0.4 is 4.98 Å². The maximum absolute atomic E-state index is 10.7. The van der Waals surface area contributed by atoms with Gasteiger partial charge in [0.25, 0.3) is 0 Å². The highest BCUT2D eigenvalue weighted by atomic mass is 28.4. The zero-order valence-electron chi connectivity index (χ0n) is 19.2. The molecule has 5 heteroatoms. The molecule has 2 aromatic rings. The van der Waals surface area contributed by atoms with Gasteiger partial charge in [-0.05, 0) is 35.7 Å². The smallest absolute Gasteiger partial charge is 0.219 e. The average Bonchev–Trinajstić information content (AvgIpc) is 2.65. The molecular weight excluding hydrogens is 376 g/mol. The van der Waals surface area contributed by atoms with E-state index < -0.39 is 8.32 Å². The lowest BCUT2D eigenvalue weighted by molar-refractivity contribution is -0.389. The van der Waals surface area contributed by atoms with Gasteiger partial charge >= 0.3 is 0 Å². The summed E-state index contributed by atoms with van der Waals surface area (Å²) < 4.78 is 6.75. The lowest BCUT2D eigenvalue weighted by atomic mass is 10.1. The second-order valence-electron chi connectivity index (χ2n) is 8.90. The lowest BCUT2D eigenvalue weighted by Gasteiger charge is -2.42. The predicted molar refractivity (Wildman–Crippen MR) is 124 cm³/mol. The molecule has 0 bridgehead atoms. The first kappa shape index (κ1) is 23.3. The summed E-state index contributed by atoms with van der Waals surface area (Å²) in [5.41, 5.74) is 5.97. The Morgan fingerprint density at radius 1 is 1.00 bits per heavy atom. The van der Waals surface area contributed by atoms with Crippen molar-refractivity contribution in [2.45, 2.75) is 78.6 Å². The van der Waals surface area contributed by atoms with E-state index in [9.17, 15) is 5.11 Å². The number of hydrogen-bond acceptors (Lipinski definition) is 3. The Bertz CT molecular complexity index is 821. The first-order chi connectivity index (χ1) is 13.6. The molecule has 4 nitrogen and oxygen atoms in total. The van der Waals surface area contributed by atoms with Gasteiger partial charge in [0.2, 0.25) is 14.0 Å². The number of pyridine rings is 1. The minimum atomic E-state index is -2.00. The third-order valence-electron chi connectivity index (χ3n) is 5.98. The summed E-state index contributed by atoms with van der Waals surface area (Å²) in [5.74, 6) is 0.230. The molecule has 158 valence electrons. The van der Waals surface area contributed by atoms with Crippen LogP contribution in [0.1, 0.15) is 63.9 Å². The number of nitrogens with one attached hydrogen (secondary N) is 1. The van der Waals surface area contributed by atoms with E-state index in [0.717, 1.165) is 22.5 Å². The van der Waals surface area contributed by atoms with E-state index in [-0.39, 0.29) is 5.75 Å². The van der Waals surface area contributed by atoms with Crippen molar-refractivity contribution in [3.05, 3.63) is 52.8 Å². The van der Waals surface area contributed by atoms with Crippen molar-refractivity contribution in [2.75, 3.05) is 0 Å². The van der Waals surface area contributed by atoms with Crippen molar-refractivity contribution in [2.24, 2.45) is 4.99 Å². The quantitative estimate of drug-likeness (QED) is 0.410. The number of H-pyrrole nitrogens is 1. The zero-order chi connectivity index (χ0) is 21.8. The van der Waals surface area contributed by atoms with E-state index in [1.54, 1.807) is 6.21 Å². The second kappa shape index (κ2) is 9.68. The normalized spacial score (nSPS) is 12.7. The maximum atomic E-state index is 10.7. The molecular formula is C24H37N2O2Si+. The fraction of sp³-hybridized carbons (Fsp3) is 0.500. The highest BCUT2D eigenvalue weighted by Crippen LogP contribution is 2.43. The van der Waals surface area contributed by atoms with Gasteiger partial charge in [0.15, 0.2) is 11.9 Å². The topological polar surface area (TPSA) is 56.0 Å². The largest absolute Gasteiger partial charge is 0.502 e. The molecule has 0 aliphatic heterocycles. The fourth-order valence-corrected chi connectivity index (χ4v) is 9.84. The van der Waals surface area contributed by atoms with Crippen LogP contribution in [0.25, 0.3) is 0 Å². The molecule has 2 N–H and O–H groups in total. The zero-order valence-corrected chi connectivity index (χ0v) is 20.2. The van der Waals surface area contributed by atoms with E-state index in [0.29, 0.717) is 23.2 Å². The molecule has 0 aliphatic carbocycles. The Hall–Kier alpha value is -1.98. The minimum absolute atomic E-state index is 0.230. The molecule has 2 rings (SSSR count). The SMILES string of the molecule is Cc1ccc(N=Cc2c(CO[Si](C(C)C)(C(C)C)C(C)C)c[nH+]c(C)c2O)cc1. The summed E-state index contributed by atoms with van der Waals surface area (Å²) in [4.78, 5) is 7.75. The molecule has 1 heterocycles. The van der Waals surface area contributed by atoms with Gasteiger partial charge < -0.3 is 9.53 Å². The van der Waals surface area contributed by atoms with Crippen LogP contribution in [-0.4, -0.2) is 19.6 Å². The molecule has 0 saturated carbocycles. The number of nitrogens with zero attached hydrogens (tertiary/aromatic N) is 1. The van der Waals surface area contributed by atoms with Gasteiger partial charge in [-0.1, -0.05) is 59.2 Å². The Labute approximate surface area is 177 Å². The number of aliphatic imine (C=N–C) groups is 1. The molecule has 0 spiro atoms. The summed E-state index contributed by atoms with van der Waals surface area (Å²) in [5, 5.41) is 10.7. The van der Waals surface area contributed by atoms with Gasteiger partial charge in [-0.2, -0.15) is 0 Å². The van der Waals surface area contributed by atoms with Crippen molar-refractivity contribution in [3.63, 3.8) is 0 Å². The summed E-state index contributed by atoms with van der Waals surface area (Å²) in [6.07, 6.45) is 3.69. The van der Waals surface area contributed by atoms with Crippen LogP contribution >= 0.6 is 0 Å². The van der Waals surface area contributed by atoms with Gasteiger partial charge in [-0.15, -0.1) is 0 Å². The van der Waals surface area contributed by atoms with Crippen molar-refractivity contribution < 1.29 is 14.5 Å². The molecule has 0 saturated heterocycles. The summed E-state index contributed by atoms with van der Waals surface area (Å²) in [6.45, 7) is 18.1. The fourth-order valence-electron chi connectivity index (χ4n) is 4.43. The van der Waals surface area contributed by atoms with Gasteiger partial charge in [-0.3, -0.25) is 4.99 Å². The molecule has 1 aromatic carbocycles. The van der Waals surface area contributed by atoms with Gasteiger partial charge in [0, 0.05) is 13.1 Å². The van der Waals surface area contributed by atoms with Crippen LogP contribution in [0.3, 0.4) is 0 Å². The van der Waals surface area contributed by atoms with Gasteiger partial charge in [0.1, 0.15) is 0 Å². The first-order valence-corrected chi connectivity index (χ1v) is 12.7. The van der Waals surface area contributed by atoms with Crippen LogP contribution in [0.4, 0.5) is 5.69 Å². The minimum Gasteiger partial charge on any atom is -0.502 e. The molecule has 0 radical (unpaired) electrons. The molecule has 0 unspecified atom stereocenters. The van der Waals surface area contributed by atoms with Crippen molar-refractivity contribution in [3.8, 4) is 5.75 Å². The highest BCUT2D eigenvalue weighted by molar-refractivity contribution is 6.77. The monoisotopic (exact) mass is 413 g/mol. The molecule has 29 heavy (non-hydrogen) atoms. The average molecular weight is 414 g/mol. The molecule has 0 fully saturated rings. The Morgan fingerprint density at radius 3 is 2.07 bits per heavy atom. The molecule has 1 aromatic heterocycles. The van der Waals surface area contributed by atoms with E-state index in [2.05, 4.69) is 58.4 Å². The van der Waals surface area contributed by atoms with Crippen molar-refractivity contribution >= 4 is 20.2 Å². The number of aromatic nitrogens is 1. The van der Waals surface area contributed by atoms with Crippen LogP contribution in [0.15, 0.2) is 35.5 Å². The number of hydrogen-bond donors (Lipinski definition) is 1. The maximum Gasteiger partial charge on any atom is 0.219 e. The van der Waals surface area contributed by atoms with E-state index in [4.69, 9.17) is 4.43 Å². The van der Waals surface area contributed by atoms with Crippen LogP contribution in [0, 0.1) is 13.8 Å². The Kier molecular flexibility index (Phi) is 7.78. The van der Waals surface area contributed by atoms with Crippen LogP contribution in [0.2, 0.25) is 16.6 Å². The van der Waals surface area contributed by atoms with Crippen LogP contribution in [-0.2, 0) is 11.0 Å². The number of rotatable bonds is 8. The van der Waals surface area contributed by atoms with Crippen molar-refractivity contribution in [1.29, 1.82) is 0 Å². The number of benzene rings is 1.